The molecule has 1 atom stereocenters. The molecule has 1 heterocycles. The molecule has 0 aliphatic heterocycles. The second-order valence-corrected chi connectivity index (χ2v) is 3.73. The van der Waals surface area contributed by atoms with E-state index in [0.717, 1.165) is 6.42 Å². The highest BCUT2D eigenvalue weighted by molar-refractivity contribution is 5.19. The Bertz CT molecular complexity index is 422. The van der Waals surface area contributed by atoms with E-state index in [-0.39, 0.29) is 0 Å². The number of rotatable bonds is 3. The molecular formula is C12H14N2O. The Morgan fingerprint density at radius 2 is 1.93 bits per heavy atom. The third-order valence-corrected chi connectivity index (χ3v) is 2.42. The van der Waals surface area contributed by atoms with Gasteiger partial charge in [0.15, 0.2) is 0 Å². The normalized spacial score (nSPS) is 12.7. The fourth-order valence-corrected chi connectivity index (χ4v) is 1.58. The maximum atomic E-state index is 5.35. The number of nitrogens with zero attached hydrogens (tertiary/aromatic N) is 2. The molecule has 0 bridgehead atoms. The van der Waals surface area contributed by atoms with Gasteiger partial charge >= 0.3 is 0 Å². The molecule has 15 heavy (non-hydrogen) atoms. The number of aryl methyl sites for hydroxylation is 1. The highest BCUT2D eigenvalue weighted by Crippen LogP contribution is 2.19. The lowest BCUT2D eigenvalue weighted by molar-refractivity contribution is 0.454. The first-order valence-electron chi connectivity index (χ1n) is 5.09. The van der Waals surface area contributed by atoms with Crippen LogP contribution >= 0.6 is 0 Å². The first kappa shape index (κ1) is 9.90. The molecule has 2 aromatic rings. The molecule has 0 spiro atoms. The van der Waals surface area contributed by atoms with E-state index in [1.54, 1.807) is 0 Å². The van der Waals surface area contributed by atoms with Gasteiger partial charge in [0.05, 0.1) is 0 Å². The fourth-order valence-electron chi connectivity index (χ4n) is 1.58. The van der Waals surface area contributed by atoms with Crippen molar-refractivity contribution in [1.29, 1.82) is 0 Å². The highest BCUT2D eigenvalue weighted by atomic mass is 16.4. The molecule has 1 aromatic heterocycles. The second kappa shape index (κ2) is 4.26. The van der Waals surface area contributed by atoms with E-state index in [2.05, 4.69) is 29.3 Å². The molecule has 3 heteroatoms. The first-order valence-corrected chi connectivity index (χ1v) is 5.09. The summed E-state index contributed by atoms with van der Waals surface area (Å²) in [5.74, 6) is 1.75. The number of hydrogen-bond acceptors (Lipinski definition) is 3. The van der Waals surface area contributed by atoms with Crippen molar-refractivity contribution < 1.29 is 4.42 Å². The van der Waals surface area contributed by atoms with Gasteiger partial charge in [-0.15, -0.1) is 10.2 Å². The van der Waals surface area contributed by atoms with Crippen molar-refractivity contribution in [2.45, 2.75) is 26.2 Å². The monoisotopic (exact) mass is 202 g/mol. The van der Waals surface area contributed by atoms with Crippen LogP contribution in [0.25, 0.3) is 0 Å². The zero-order valence-corrected chi connectivity index (χ0v) is 8.97. The number of hydrogen-bond donors (Lipinski definition) is 0. The van der Waals surface area contributed by atoms with E-state index in [1.807, 2.05) is 25.1 Å². The predicted octanol–water partition coefficient (Wildman–Crippen LogP) is 2.72. The lowest BCUT2D eigenvalue weighted by atomic mass is 9.98. The van der Waals surface area contributed by atoms with Crippen LogP contribution in [0, 0.1) is 6.92 Å². The maximum absolute atomic E-state index is 5.35. The van der Waals surface area contributed by atoms with Crippen molar-refractivity contribution in [2.24, 2.45) is 0 Å². The van der Waals surface area contributed by atoms with E-state index in [9.17, 15) is 0 Å². The molecule has 0 amide bonds. The van der Waals surface area contributed by atoms with E-state index in [4.69, 9.17) is 4.42 Å². The van der Waals surface area contributed by atoms with Crippen LogP contribution in [0.5, 0.6) is 0 Å². The number of benzene rings is 1. The Hall–Kier alpha value is -1.64. The molecule has 0 saturated heterocycles. The van der Waals surface area contributed by atoms with Crippen molar-refractivity contribution in [3.8, 4) is 0 Å². The van der Waals surface area contributed by atoms with Crippen molar-refractivity contribution in [1.82, 2.24) is 10.2 Å². The molecule has 0 N–H and O–H groups in total. The summed E-state index contributed by atoms with van der Waals surface area (Å²) in [5.41, 5.74) is 1.30. The summed E-state index contributed by atoms with van der Waals surface area (Å²) in [6.45, 7) is 3.97. The molecular weight excluding hydrogens is 188 g/mol. The Kier molecular flexibility index (Phi) is 2.81. The van der Waals surface area contributed by atoms with E-state index < -0.39 is 0 Å². The molecule has 1 aromatic carbocycles. The summed E-state index contributed by atoms with van der Waals surface area (Å²) in [6, 6.07) is 10.4. The van der Waals surface area contributed by atoms with Gasteiger partial charge in [0.2, 0.25) is 11.8 Å². The van der Waals surface area contributed by atoms with Crippen molar-refractivity contribution in [2.75, 3.05) is 0 Å². The van der Waals surface area contributed by atoms with Crippen LogP contribution in [0.4, 0.5) is 0 Å². The van der Waals surface area contributed by atoms with Gasteiger partial charge in [-0.25, -0.2) is 0 Å². The SMILES string of the molecule is Cc1nnc(CC(C)c2ccccc2)o1. The van der Waals surface area contributed by atoms with Crippen LogP contribution in [0.1, 0.15) is 30.2 Å². The highest BCUT2D eigenvalue weighted by Gasteiger charge is 2.10. The minimum atomic E-state index is 0.408. The average Bonchev–Trinajstić information content (AvgIpc) is 2.65. The molecule has 0 radical (unpaired) electrons. The summed E-state index contributed by atoms with van der Waals surface area (Å²) >= 11 is 0. The van der Waals surface area contributed by atoms with Crippen molar-refractivity contribution in [3.63, 3.8) is 0 Å². The van der Waals surface area contributed by atoms with Gasteiger partial charge in [0.25, 0.3) is 0 Å². The molecule has 3 nitrogen and oxygen atoms in total. The third kappa shape index (κ3) is 2.43. The summed E-state index contributed by atoms with van der Waals surface area (Å²) in [5, 5.41) is 7.81. The summed E-state index contributed by atoms with van der Waals surface area (Å²) in [6.07, 6.45) is 0.796. The van der Waals surface area contributed by atoms with Crippen LogP contribution in [0.3, 0.4) is 0 Å². The number of aromatic nitrogens is 2. The van der Waals surface area contributed by atoms with Crippen LogP contribution in [0.2, 0.25) is 0 Å². The molecule has 0 saturated carbocycles. The molecule has 78 valence electrons. The summed E-state index contributed by atoms with van der Waals surface area (Å²) in [7, 11) is 0. The van der Waals surface area contributed by atoms with Gasteiger partial charge in [0, 0.05) is 13.3 Å². The predicted molar refractivity (Wildman–Crippen MR) is 57.6 cm³/mol. The zero-order valence-electron chi connectivity index (χ0n) is 8.97. The quantitative estimate of drug-likeness (QED) is 0.768. The van der Waals surface area contributed by atoms with Gasteiger partial charge in [-0.2, -0.15) is 0 Å². The standard InChI is InChI=1S/C12H14N2O/c1-9(11-6-4-3-5-7-11)8-12-14-13-10(2)15-12/h3-7,9H,8H2,1-2H3. The van der Waals surface area contributed by atoms with Gasteiger partial charge in [0.1, 0.15) is 0 Å². The smallest absolute Gasteiger partial charge is 0.217 e. The molecule has 2 rings (SSSR count). The van der Waals surface area contributed by atoms with Crippen LogP contribution in [0.15, 0.2) is 34.7 Å². The maximum Gasteiger partial charge on any atom is 0.217 e. The summed E-state index contributed by atoms with van der Waals surface area (Å²) < 4.78 is 5.35. The Balaban J connectivity index is 2.07. The van der Waals surface area contributed by atoms with Crippen LogP contribution < -0.4 is 0 Å². The largest absolute Gasteiger partial charge is 0.426 e. The van der Waals surface area contributed by atoms with E-state index >= 15 is 0 Å². The van der Waals surface area contributed by atoms with Gasteiger partial charge in [-0.05, 0) is 11.5 Å². The van der Waals surface area contributed by atoms with Crippen LogP contribution in [-0.2, 0) is 6.42 Å². The fraction of sp³-hybridized carbons (Fsp3) is 0.333. The lowest BCUT2D eigenvalue weighted by Gasteiger charge is -2.08. The lowest BCUT2D eigenvalue weighted by Crippen LogP contribution is -1.98. The minimum Gasteiger partial charge on any atom is -0.426 e. The van der Waals surface area contributed by atoms with E-state index in [0.29, 0.717) is 17.7 Å². The molecule has 0 aliphatic rings. The van der Waals surface area contributed by atoms with Crippen molar-refractivity contribution in [3.05, 3.63) is 47.7 Å². The third-order valence-electron chi connectivity index (χ3n) is 2.42. The first-order chi connectivity index (χ1) is 7.25. The van der Waals surface area contributed by atoms with Gasteiger partial charge < -0.3 is 4.42 Å². The summed E-state index contributed by atoms with van der Waals surface area (Å²) in [4.78, 5) is 0. The Morgan fingerprint density at radius 1 is 1.20 bits per heavy atom. The van der Waals surface area contributed by atoms with Crippen molar-refractivity contribution >= 4 is 0 Å². The Labute approximate surface area is 89.2 Å². The second-order valence-electron chi connectivity index (χ2n) is 3.73. The van der Waals surface area contributed by atoms with Crippen LogP contribution in [-0.4, -0.2) is 10.2 Å². The van der Waals surface area contributed by atoms with Gasteiger partial charge in [-0.3, -0.25) is 0 Å². The van der Waals surface area contributed by atoms with Gasteiger partial charge in [-0.1, -0.05) is 37.3 Å². The molecule has 1 unspecified atom stereocenters. The molecule has 0 fully saturated rings. The zero-order chi connectivity index (χ0) is 10.7. The average molecular weight is 202 g/mol. The minimum absolute atomic E-state index is 0.408. The van der Waals surface area contributed by atoms with E-state index in [1.165, 1.54) is 5.56 Å². The Morgan fingerprint density at radius 3 is 2.53 bits per heavy atom. The topological polar surface area (TPSA) is 38.9 Å². The molecule has 0 aliphatic carbocycles.